The molecular weight excluding hydrogens is 362 g/mol. The van der Waals surface area contributed by atoms with Crippen LogP contribution in [0.3, 0.4) is 0 Å². The molecule has 146 valence electrons. The van der Waals surface area contributed by atoms with E-state index in [1.165, 1.54) is 0 Å². The summed E-state index contributed by atoms with van der Waals surface area (Å²) in [7, 11) is 0. The number of nitrogens with one attached hydrogen (secondary N) is 2. The molecule has 0 radical (unpaired) electrons. The van der Waals surface area contributed by atoms with Crippen LogP contribution in [0.1, 0.15) is 41.5 Å². The summed E-state index contributed by atoms with van der Waals surface area (Å²) in [5.41, 5.74) is 5.35. The number of hydrogen-bond acceptors (Lipinski definition) is 3. The van der Waals surface area contributed by atoms with Gasteiger partial charge in [-0.15, -0.1) is 0 Å². The Bertz CT molecular complexity index is 958. The second-order valence-electron chi connectivity index (χ2n) is 7.16. The number of hydrogen-bond donors (Lipinski definition) is 2. The fourth-order valence-corrected chi connectivity index (χ4v) is 4.07. The number of rotatable bonds is 8. The molecule has 1 atom stereocenters. The number of carbonyl (C=O) groups is 2. The van der Waals surface area contributed by atoms with Crippen molar-refractivity contribution in [1.82, 2.24) is 15.6 Å². The average Bonchev–Trinajstić information content (AvgIpc) is 3.11. The van der Waals surface area contributed by atoms with Crippen LogP contribution in [0.4, 0.5) is 0 Å². The number of fused-ring (bicyclic) bond motifs is 3. The molecule has 2 N–H and O–H groups in total. The highest BCUT2D eigenvalue weighted by Crippen LogP contribution is 2.44. The summed E-state index contributed by atoms with van der Waals surface area (Å²) in [6, 6.07) is 19.9. The molecule has 0 saturated heterocycles. The van der Waals surface area contributed by atoms with Gasteiger partial charge in [-0.2, -0.15) is 0 Å². The highest BCUT2D eigenvalue weighted by atomic mass is 16.2. The summed E-state index contributed by atoms with van der Waals surface area (Å²) >= 11 is 0. The Morgan fingerprint density at radius 2 is 1.69 bits per heavy atom. The molecular formula is C24H23N3O2. The van der Waals surface area contributed by atoms with Crippen LogP contribution < -0.4 is 10.6 Å². The molecule has 3 aromatic rings. The van der Waals surface area contributed by atoms with Crippen molar-refractivity contribution >= 4 is 12.3 Å². The quantitative estimate of drug-likeness (QED) is 0.460. The molecule has 1 aromatic heterocycles. The van der Waals surface area contributed by atoms with E-state index in [4.69, 9.17) is 0 Å². The van der Waals surface area contributed by atoms with Gasteiger partial charge in [-0.25, -0.2) is 0 Å². The lowest BCUT2D eigenvalue weighted by Gasteiger charge is -2.17. The largest absolute Gasteiger partial charge is 0.355 e. The van der Waals surface area contributed by atoms with Gasteiger partial charge in [-0.05, 0) is 46.7 Å². The van der Waals surface area contributed by atoms with Crippen molar-refractivity contribution in [2.45, 2.75) is 24.8 Å². The summed E-state index contributed by atoms with van der Waals surface area (Å²) in [5, 5.41) is 5.92. The zero-order valence-electron chi connectivity index (χ0n) is 16.0. The summed E-state index contributed by atoms with van der Waals surface area (Å²) in [5.74, 6) is -0.256. The molecule has 2 amide bonds. The molecule has 1 unspecified atom stereocenters. The molecule has 0 spiro atoms. The molecule has 0 fully saturated rings. The van der Waals surface area contributed by atoms with E-state index in [-0.39, 0.29) is 17.9 Å². The van der Waals surface area contributed by atoms with Crippen LogP contribution in [0.15, 0.2) is 73.1 Å². The van der Waals surface area contributed by atoms with Crippen LogP contribution >= 0.6 is 0 Å². The van der Waals surface area contributed by atoms with Crippen LogP contribution in [-0.2, 0) is 9.59 Å². The van der Waals surface area contributed by atoms with Crippen molar-refractivity contribution in [1.29, 1.82) is 0 Å². The second kappa shape index (κ2) is 8.69. The molecule has 2 aromatic carbocycles. The molecule has 0 bridgehead atoms. The van der Waals surface area contributed by atoms with E-state index in [1.807, 2.05) is 48.5 Å². The van der Waals surface area contributed by atoms with Crippen molar-refractivity contribution in [3.05, 3.63) is 89.7 Å². The smallest absolute Gasteiger partial charge is 0.232 e. The first-order valence-corrected chi connectivity index (χ1v) is 9.85. The van der Waals surface area contributed by atoms with Gasteiger partial charge in [0, 0.05) is 18.9 Å². The summed E-state index contributed by atoms with van der Waals surface area (Å²) in [6.45, 7) is 0.553. The highest BCUT2D eigenvalue weighted by molar-refractivity contribution is 5.96. The van der Waals surface area contributed by atoms with Crippen LogP contribution in [0.5, 0.6) is 0 Å². The zero-order chi connectivity index (χ0) is 20.1. The maximum absolute atomic E-state index is 13.0. The van der Waals surface area contributed by atoms with Gasteiger partial charge in [0.2, 0.25) is 12.3 Å². The Kier molecular flexibility index (Phi) is 5.66. The van der Waals surface area contributed by atoms with Crippen molar-refractivity contribution in [2.75, 3.05) is 6.54 Å². The fourth-order valence-electron chi connectivity index (χ4n) is 4.07. The molecule has 1 heterocycles. The van der Waals surface area contributed by atoms with Crippen LogP contribution in [-0.4, -0.2) is 23.8 Å². The third-order valence-electron chi connectivity index (χ3n) is 5.42. The summed E-state index contributed by atoms with van der Waals surface area (Å²) in [6.07, 6.45) is 5.65. The SMILES string of the molecule is O=CNC(CCCNC(=O)C1c2ccccc2-c2ccccc21)c1cccnc1. The van der Waals surface area contributed by atoms with Crippen molar-refractivity contribution in [2.24, 2.45) is 0 Å². The standard InChI is InChI=1S/C24H23N3O2/c28-16-27-22(17-7-5-13-25-15-17)12-6-14-26-24(29)23-20-10-3-1-8-18(20)19-9-2-4-11-21(19)23/h1-5,7-11,13,15-16,22-23H,6,12,14H2,(H,26,29)(H,27,28). The van der Waals surface area contributed by atoms with Crippen molar-refractivity contribution < 1.29 is 9.59 Å². The Labute approximate surface area is 170 Å². The van der Waals surface area contributed by atoms with Crippen molar-refractivity contribution in [3.8, 4) is 11.1 Å². The normalized spacial score (nSPS) is 13.2. The number of benzene rings is 2. The van der Waals surface area contributed by atoms with Gasteiger partial charge in [0.15, 0.2) is 0 Å². The zero-order valence-corrected chi connectivity index (χ0v) is 16.0. The van der Waals surface area contributed by atoms with E-state index in [0.29, 0.717) is 13.0 Å². The van der Waals surface area contributed by atoms with Gasteiger partial charge in [0.25, 0.3) is 0 Å². The van der Waals surface area contributed by atoms with Crippen molar-refractivity contribution in [3.63, 3.8) is 0 Å². The first kappa shape index (κ1) is 18.9. The van der Waals surface area contributed by atoms with Gasteiger partial charge in [-0.3, -0.25) is 14.6 Å². The van der Waals surface area contributed by atoms with Gasteiger partial charge in [0.05, 0.1) is 12.0 Å². The lowest BCUT2D eigenvalue weighted by atomic mass is 9.96. The first-order chi connectivity index (χ1) is 14.3. The van der Waals surface area contributed by atoms with Gasteiger partial charge >= 0.3 is 0 Å². The summed E-state index contributed by atoms with van der Waals surface area (Å²) in [4.78, 5) is 28.1. The van der Waals surface area contributed by atoms with E-state index in [9.17, 15) is 9.59 Å². The maximum Gasteiger partial charge on any atom is 0.232 e. The molecule has 5 heteroatoms. The van der Waals surface area contributed by atoms with Gasteiger partial charge in [-0.1, -0.05) is 54.6 Å². The number of aromatic nitrogens is 1. The Hall–Kier alpha value is -3.47. The number of carbonyl (C=O) groups excluding carboxylic acids is 2. The Morgan fingerprint density at radius 1 is 1.00 bits per heavy atom. The maximum atomic E-state index is 13.0. The number of amides is 2. The van der Waals surface area contributed by atoms with Crippen LogP contribution in [0.2, 0.25) is 0 Å². The lowest BCUT2D eigenvalue weighted by molar-refractivity contribution is -0.121. The van der Waals surface area contributed by atoms with Crippen LogP contribution in [0.25, 0.3) is 11.1 Å². The lowest BCUT2D eigenvalue weighted by Crippen LogP contribution is -2.30. The highest BCUT2D eigenvalue weighted by Gasteiger charge is 2.33. The molecule has 5 nitrogen and oxygen atoms in total. The van der Waals surface area contributed by atoms with E-state index < -0.39 is 0 Å². The molecule has 29 heavy (non-hydrogen) atoms. The predicted molar refractivity (Wildman–Crippen MR) is 112 cm³/mol. The molecule has 1 aliphatic carbocycles. The van der Waals surface area contributed by atoms with E-state index in [2.05, 4.69) is 27.8 Å². The third-order valence-corrected chi connectivity index (χ3v) is 5.42. The van der Waals surface area contributed by atoms with E-state index >= 15 is 0 Å². The molecule has 4 rings (SSSR count). The Balaban J connectivity index is 1.40. The van der Waals surface area contributed by atoms with E-state index in [0.717, 1.165) is 40.7 Å². The van der Waals surface area contributed by atoms with Gasteiger partial charge in [0.1, 0.15) is 0 Å². The monoisotopic (exact) mass is 385 g/mol. The Morgan fingerprint density at radius 3 is 2.31 bits per heavy atom. The fraction of sp³-hybridized carbons (Fsp3) is 0.208. The van der Waals surface area contributed by atoms with E-state index in [1.54, 1.807) is 12.4 Å². The predicted octanol–water partition coefficient (Wildman–Crippen LogP) is 3.58. The number of nitrogens with zero attached hydrogens (tertiary/aromatic N) is 1. The third kappa shape index (κ3) is 3.90. The first-order valence-electron chi connectivity index (χ1n) is 9.85. The topological polar surface area (TPSA) is 71.1 Å². The minimum Gasteiger partial charge on any atom is -0.355 e. The van der Waals surface area contributed by atoms with Crippen LogP contribution in [0, 0.1) is 0 Å². The average molecular weight is 385 g/mol. The number of pyridine rings is 1. The minimum absolute atomic E-state index is 0.0173. The summed E-state index contributed by atoms with van der Waals surface area (Å²) < 4.78 is 0. The molecule has 0 saturated carbocycles. The molecule has 1 aliphatic rings. The van der Waals surface area contributed by atoms with Gasteiger partial charge < -0.3 is 10.6 Å². The second-order valence-corrected chi connectivity index (χ2v) is 7.16. The molecule has 0 aliphatic heterocycles. The minimum atomic E-state index is -0.273.